The Morgan fingerprint density at radius 3 is 2.48 bits per heavy atom. The Kier molecular flexibility index (Phi) is 6.91. The van der Waals surface area contributed by atoms with Crippen molar-refractivity contribution in [3.8, 4) is 0 Å². The smallest absolute Gasteiger partial charge is 0.276 e. The number of halogens is 2. The second-order valence-corrected chi connectivity index (χ2v) is 7.75. The first kappa shape index (κ1) is 22.3. The summed E-state index contributed by atoms with van der Waals surface area (Å²) in [6.07, 6.45) is 0. The average Bonchev–Trinajstić information content (AvgIpc) is 2.67. The van der Waals surface area contributed by atoms with E-state index in [9.17, 15) is 14.0 Å². The van der Waals surface area contributed by atoms with Gasteiger partial charge in [0.15, 0.2) is 0 Å². The van der Waals surface area contributed by atoms with Crippen molar-refractivity contribution in [2.45, 2.75) is 33.4 Å². The van der Waals surface area contributed by atoms with Gasteiger partial charge in [0.1, 0.15) is 11.6 Å². The highest BCUT2D eigenvalue weighted by Gasteiger charge is 2.13. The number of hydrogen-bond donors (Lipinski definition) is 3. The van der Waals surface area contributed by atoms with E-state index in [-0.39, 0.29) is 30.3 Å². The molecule has 0 atom stereocenters. The van der Waals surface area contributed by atoms with E-state index in [1.807, 2.05) is 26.0 Å². The summed E-state index contributed by atoms with van der Waals surface area (Å²) in [5.74, 6) is -0.349. The molecular weight excluding hydrogens is 421 g/mol. The fourth-order valence-corrected chi connectivity index (χ4v) is 3.09. The predicted molar refractivity (Wildman–Crippen MR) is 122 cm³/mol. The molecule has 3 N–H and O–H groups in total. The zero-order chi connectivity index (χ0) is 22.5. The number of amides is 1. The number of aromatic nitrogens is 2. The fraction of sp³-hybridized carbons (Fsp3) is 0.227. The standard InChI is InChI=1S/C22H23ClFN5O2/c1-13(2)25-19-9-8-17(10-18(19)24)27-22-28-21(31)11-20(26-14(3)30)29(22)12-15-4-6-16(23)7-5-15/h4-11,13,25H,12H2,1-3H3,(H,26,30)(H,27,28,31). The fourth-order valence-electron chi connectivity index (χ4n) is 2.97. The van der Waals surface area contributed by atoms with Crippen LogP contribution in [0.25, 0.3) is 0 Å². The molecule has 162 valence electrons. The minimum absolute atomic E-state index is 0.0777. The van der Waals surface area contributed by atoms with Crippen LogP contribution < -0.4 is 21.5 Å². The van der Waals surface area contributed by atoms with E-state index in [2.05, 4.69) is 20.9 Å². The third kappa shape index (κ3) is 6.05. The Balaban J connectivity index is 2.01. The molecule has 7 nitrogen and oxygen atoms in total. The predicted octanol–water partition coefficient (Wildman–Crippen LogP) is 4.61. The highest BCUT2D eigenvalue weighted by Crippen LogP contribution is 2.24. The summed E-state index contributed by atoms with van der Waals surface area (Å²) >= 11 is 5.96. The van der Waals surface area contributed by atoms with Gasteiger partial charge in [-0.05, 0) is 49.7 Å². The maximum atomic E-state index is 14.5. The summed E-state index contributed by atoms with van der Waals surface area (Å²) in [7, 11) is 0. The maximum absolute atomic E-state index is 14.5. The summed E-state index contributed by atoms with van der Waals surface area (Å²) in [6, 6.07) is 13.1. The Hall–Kier alpha value is -3.39. The molecule has 0 bridgehead atoms. The summed E-state index contributed by atoms with van der Waals surface area (Å²) in [4.78, 5) is 27.9. The van der Waals surface area contributed by atoms with E-state index in [1.54, 1.807) is 28.8 Å². The van der Waals surface area contributed by atoms with Crippen molar-refractivity contribution in [3.05, 3.63) is 75.3 Å². The quantitative estimate of drug-likeness (QED) is 0.496. The topological polar surface area (TPSA) is 88.1 Å². The van der Waals surface area contributed by atoms with Crippen LogP contribution >= 0.6 is 11.6 Å². The molecule has 0 saturated heterocycles. The van der Waals surface area contributed by atoms with Gasteiger partial charge in [0, 0.05) is 29.7 Å². The van der Waals surface area contributed by atoms with Crippen molar-refractivity contribution < 1.29 is 9.18 Å². The third-order valence-corrected chi connectivity index (χ3v) is 4.50. The van der Waals surface area contributed by atoms with E-state index in [4.69, 9.17) is 11.6 Å². The second kappa shape index (κ2) is 9.61. The van der Waals surface area contributed by atoms with Crippen molar-refractivity contribution in [2.75, 3.05) is 16.0 Å². The monoisotopic (exact) mass is 443 g/mol. The Labute approximate surface area is 184 Å². The Morgan fingerprint density at radius 1 is 1.16 bits per heavy atom. The number of nitrogens with one attached hydrogen (secondary N) is 3. The van der Waals surface area contributed by atoms with Gasteiger partial charge in [-0.15, -0.1) is 0 Å². The molecule has 1 amide bonds. The van der Waals surface area contributed by atoms with Crippen molar-refractivity contribution in [1.82, 2.24) is 9.55 Å². The molecule has 1 heterocycles. The summed E-state index contributed by atoms with van der Waals surface area (Å²) in [5, 5.41) is 9.25. The number of rotatable bonds is 7. The van der Waals surface area contributed by atoms with Crippen LogP contribution in [-0.2, 0) is 11.3 Å². The van der Waals surface area contributed by atoms with Gasteiger partial charge in [-0.1, -0.05) is 23.7 Å². The zero-order valence-electron chi connectivity index (χ0n) is 17.4. The summed E-state index contributed by atoms with van der Waals surface area (Å²) in [6.45, 7) is 5.47. The number of benzene rings is 2. The molecule has 0 aliphatic rings. The first-order valence-corrected chi connectivity index (χ1v) is 10.1. The SMILES string of the molecule is CC(=O)Nc1cc(=O)nc(Nc2ccc(NC(C)C)c(F)c2)n1Cc1ccc(Cl)cc1. The van der Waals surface area contributed by atoms with Crippen LogP contribution in [0.1, 0.15) is 26.3 Å². The van der Waals surface area contributed by atoms with Gasteiger partial charge in [0.25, 0.3) is 5.56 Å². The first-order chi connectivity index (χ1) is 14.7. The highest BCUT2D eigenvalue weighted by atomic mass is 35.5. The Bertz CT molecular complexity index is 1150. The zero-order valence-corrected chi connectivity index (χ0v) is 18.1. The summed E-state index contributed by atoms with van der Waals surface area (Å²) in [5.41, 5.74) is 1.10. The van der Waals surface area contributed by atoms with Gasteiger partial charge in [-0.2, -0.15) is 4.98 Å². The highest BCUT2D eigenvalue weighted by molar-refractivity contribution is 6.30. The van der Waals surface area contributed by atoms with Crippen LogP contribution in [0.3, 0.4) is 0 Å². The molecule has 3 rings (SSSR count). The molecule has 0 aliphatic carbocycles. The minimum atomic E-state index is -0.544. The first-order valence-electron chi connectivity index (χ1n) is 9.68. The molecule has 0 unspecified atom stereocenters. The van der Waals surface area contributed by atoms with Gasteiger partial charge < -0.3 is 16.0 Å². The number of carbonyl (C=O) groups is 1. The molecule has 0 radical (unpaired) electrons. The van der Waals surface area contributed by atoms with Crippen LogP contribution in [0, 0.1) is 5.82 Å². The number of hydrogen-bond acceptors (Lipinski definition) is 5. The molecule has 0 saturated carbocycles. The normalized spacial score (nSPS) is 10.8. The second-order valence-electron chi connectivity index (χ2n) is 7.32. The molecule has 31 heavy (non-hydrogen) atoms. The lowest BCUT2D eigenvalue weighted by Crippen LogP contribution is -2.22. The van der Waals surface area contributed by atoms with Crippen molar-refractivity contribution in [3.63, 3.8) is 0 Å². The summed E-state index contributed by atoms with van der Waals surface area (Å²) < 4.78 is 16.1. The lowest BCUT2D eigenvalue weighted by atomic mass is 10.2. The van der Waals surface area contributed by atoms with Crippen LogP contribution in [0.5, 0.6) is 0 Å². The van der Waals surface area contributed by atoms with Crippen LogP contribution in [0.2, 0.25) is 5.02 Å². The average molecular weight is 444 g/mol. The van der Waals surface area contributed by atoms with E-state index >= 15 is 0 Å². The molecule has 0 spiro atoms. The molecule has 2 aromatic carbocycles. The van der Waals surface area contributed by atoms with Crippen LogP contribution in [0.15, 0.2) is 53.3 Å². The van der Waals surface area contributed by atoms with Gasteiger partial charge in [0.2, 0.25) is 11.9 Å². The number of nitrogens with zero attached hydrogens (tertiary/aromatic N) is 2. The number of anilines is 4. The van der Waals surface area contributed by atoms with Crippen molar-refractivity contribution in [2.24, 2.45) is 0 Å². The van der Waals surface area contributed by atoms with E-state index < -0.39 is 11.4 Å². The molecule has 0 aliphatic heterocycles. The van der Waals surface area contributed by atoms with Gasteiger partial charge in [-0.3, -0.25) is 14.2 Å². The van der Waals surface area contributed by atoms with Crippen LogP contribution in [-0.4, -0.2) is 21.5 Å². The molecule has 3 aromatic rings. The van der Waals surface area contributed by atoms with E-state index in [0.717, 1.165) is 5.56 Å². The molecule has 1 aromatic heterocycles. The van der Waals surface area contributed by atoms with Gasteiger partial charge in [0.05, 0.1) is 12.2 Å². The van der Waals surface area contributed by atoms with Gasteiger partial charge >= 0.3 is 0 Å². The largest absolute Gasteiger partial charge is 0.381 e. The van der Waals surface area contributed by atoms with Gasteiger partial charge in [-0.25, -0.2) is 4.39 Å². The third-order valence-electron chi connectivity index (χ3n) is 4.25. The van der Waals surface area contributed by atoms with E-state index in [1.165, 1.54) is 19.1 Å². The van der Waals surface area contributed by atoms with Crippen molar-refractivity contribution in [1.29, 1.82) is 0 Å². The number of carbonyl (C=O) groups excluding carboxylic acids is 1. The van der Waals surface area contributed by atoms with Crippen molar-refractivity contribution >= 4 is 40.6 Å². The lowest BCUT2D eigenvalue weighted by Gasteiger charge is -2.19. The maximum Gasteiger partial charge on any atom is 0.276 e. The van der Waals surface area contributed by atoms with E-state index in [0.29, 0.717) is 16.4 Å². The lowest BCUT2D eigenvalue weighted by molar-refractivity contribution is -0.114. The molecule has 9 heteroatoms. The minimum Gasteiger partial charge on any atom is -0.381 e. The molecular formula is C22H23ClFN5O2. The molecule has 0 fully saturated rings. The Morgan fingerprint density at radius 2 is 1.87 bits per heavy atom. The van der Waals surface area contributed by atoms with Crippen LogP contribution in [0.4, 0.5) is 27.5 Å².